The smallest absolute Gasteiger partial charge is 0.156 e. The molecule has 0 fully saturated rings. The number of nitrogens with zero attached hydrogens (tertiary/aromatic N) is 1. The summed E-state index contributed by atoms with van der Waals surface area (Å²) in [6.45, 7) is 4.29. The van der Waals surface area contributed by atoms with Crippen molar-refractivity contribution in [2.75, 3.05) is 19.1 Å². The summed E-state index contributed by atoms with van der Waals surface area (Å²) in [5.74, 6) is 1.84. The van der Waals surface area contributed by atoms with E-state index in [2.05, 4.69) is 55.2 Å². The Morgan fingerprint density at radius 3 is 1.62 bits per heavy atom. The zero-order valence-corrected chi connectivity index (χ0v) is 20.2. The average molecular weight is 454 g/mol. The molecule has 0 spiro atoms. The molecule has 1 aliphatic rings. The molecule has 0 saturated carbocycles. The largest absolute Gasteiger partial charge is 0.497 e. The van der Waals surface area contributed by atoms with E-state index in [1.54, 1.807) is 20.3 Å². The molecule has 4 heteroatoms. The second kappa shape index (κ2) is 10.0. The molecule has 0 saturated heterocycles. The van der Waals surface area contributed by atoms with Crippen LogP contribution in [0.3, 0.4) is 0 Å². The molecule has 0 bridgehead atoms. The zero-order valence-electron chi connectivity index (χ0n) is 20.2. The standard InChI is InChI=1S/C30H31NO3/c1-30(2)20-23(19-27(32)21-30)6-5-22-7-9-24(10-8-22)31(25-11-15-28(33-3)16-12-25)26-13-17-29(34-4)18-14-26/h5-19H,20-21H2,1-4H3/b6-5+. The van der Waals surface area contributed by atoms with E-state index in [1.165, 1.54) is 0 Å². The van der Waals surface area contributed by atoms with E-state index in [0.717, 1.165) is 46.1 Å². The number of carbonyl (C=O) groups excluding carboxylic acids is 1. The van der Waals surface area contributed by atoms with Crippen molar-refractivity contribution in [1.29, 1.82) is 0 Å². The van der Waals surface area contributed by atoms with Crippen molar-refractivity contribution in [1.82, 2.24) is 0 Å². The maximum Gasteiger partial charge on any atom is 0.156 e. The Balaban J connectivity index is 1.62. The number of methoxy groups -OCH3 is 2. The van der Waals surface area contributed by atoms with Crippen LogP contribution >= 0.6 is 0 Å². The molecule has 1 aliphatic carbocycles. The highest BCUT2D eigenvalue weighted by atomic mass is 16.5. The van der Waals surface area contributed by atoms with Crippen LogP contribution in [0.2, 0.25) is 0 Å². The number of benzene rings is 3. The minimum atomic E-state index is 0.0204. The van der Waals surface area contributed by atoms with Gasteiger partial charge in [-0.3, -0.25) is 4.79 Å². The third kappa shape index (κ3) is 5.57. The number of rotatable bonds is 7. The van der Waals surface area contributed by atoms with Crippen molar-refractivity contribution >= 4 is 28.9 Å². The fraction of sp³-hybridized carbons (Fsp3) is 0.233. The van der Waals surface area contributed by atoms with E-state index < -0.39 is 0 Å². The molecule has 0 aliphatic heterocycles. The van der Waals surface area contributed by atoms with Crippen molar-refractivity contribution in [3.8, 4) is 11.5 Å². The van der Waals surface area contributed by atoms with Gasteiger partial charge in [-0.05, 0) is 89.7 Å². The molecule has 0 unspecified atom stereocenters. The van der Waals surface area contributed by atoms with Gasteiger partial charge in [-0.25, -0.2) is 0 Å². The summed E-state index contributed by atoms with van der Waals surface area (Å²) in [6.07, 6.45) is 7.46. The van der Waals surface area contributed by atoms with Gasteiger partial charge in [0.25, 0.3) is 0 Å². The number of hydrogen-bond acceptors (Lipinski definition) is 4. The Kier molecular flexibility index (Phi) is 6.87. The number of allylic oxidation sites excluding steroid dienone is 3. The Labute approximate surface area is 202 Å². The van der Waals surface area contributed by atoms with Crippen LogP contribution in [0.1, 0.15) is 32.3 Å². The van der Waals surface area contributed by atoms with Crippen LogP contribution in [0.25, 0.3) is 6.08 Å². The second-order valence-electron chi connectivity index (χ2n) is 9.36. The summed E-state index contributed by atoms with van der Waals surface area (Å²) >= 11 is 0. The molecule has 0 atom stereocenters. The first-order valence-corrected chi connectivity index (χ1v) is 11.5. The maximum atomic E-state index is 12.0. The molecule has 3 aromatic rings. The SMILES string of the molecule is COc1ccc(N(c2ccc(/C=C/C3=CC(=O)CC(C)(C)C3)cc2)c2ccc(OC)cc2)cc1. The third-order valence-corrected chi connectivity index (χ3v) is 5.98. The molecule has 0 radical (unpaired) electrons. The van der Waals surface area contributed by atoms with Crippen LogP contribution in [0.5, 0.6) is 11.5 Å². The summed E-state index contributed by atoms with van der Waals surface area (Å²) in [7, 11) is 3.34. The summed E-state index contributed by atoms with van der Waals surface area (Å²) in [5, 5.41) is 0. The van der Waals surface area contributed by atoms with Gasteiger partial charge >= 0.3 is 0 Å². The molecule has 0 heterocycles. The topological polar surface area (TPSA) is 38.8 Å². The second-order valence-corrected chi connectivity index (χ2v) is 9.36. The molecule has 4 nitrogen and oxygen atoms in total. The van der Waals surface area contributed by atoms with Crippen molar-refractivity contribution in [2.45, 2.75) is 26.7 Å². The maximum absolute atomic E-state index is 12.0. The Morgan fingerprint density at radius 2 is 1.18 bits per heavy atom. The van der Waals surface area contributed by atoms with E-state index >= 15 is 0 Å². The number of hydrogen-bond donors (Lipinski definition) is 0. The average Bonchev–Trinajstić information content (AvgIpc) is 2.83. The molecular formula is C30H31NO3. The number of carbonyl (C=O) groups is 1. The summed E-state index contributed by atoms with van der Waals surface area (Å²) in [4.78, 5) is 14.2. The number of ketones is 1. The predicted molar refractivity (Wildman–Crippen MR) is 139 cm³/mol. The summed E-state index contributed by atoms with van der Waals surface area (Å²) < 4.78 is 10.7. The van der Waals surface area contributed by atoms with Crippen LogP contribution in [0.15, 0.2) is 90.5 Å². The van der Waals surface area contributed by atoms with Gasteiger partial charge in [0.15, 0.2) is 5.78 Å². The van der Waals surface area contributed by atoms with Gasteiger partial charge in [0.2, 0.25) is 0 Å². The van der Waals surface area contributed by atoms with Gasteiger partial charge in [-0.15, -0.1) is 0 Å². The van der Waals surface area contributed by atoms with Gasteiger partial charge in [-0.1, -0.05) is 38.1 Å². The van der Waals surface area contributed by atoms with Crippen molar-refractivity contribution in [3.05, 3.63) is 96.1 Å². The van der Waals surface area contributed by atoms with Crippen molar-refractivity contribution < 1.29 is 14.3 Å². The fourth-order valence-electron chi connectivity index (χ4n) is 4.35. The minimum Gasteiger partial charge on any atom is -0.497 e. The molecule has 4 rings (SSSR count). The Morgan fingerprint density at radius 1 is 0.706 bits per heavy atom. The van der Waals surface area contributed by atoms with Crippen LogP contribution in [0, 0.1) is 5.41 Å². The fourth-order valence-corrected chi connectivity index (χ4v) is 4.35. The molecule has 0 aromatic heterocycles. The van der Waals surface area contributed by atoms with Crippen molar-refractivity contribution in [2.24, 2.45) is 5.41 Å². The summed E-state index contributed by atoms with van der Waals surface area (Å²) in [6, 6.07) is 24.5. The quantitative estimate of drug-likeness (QED) is 0.371. The highest BCUT2D eigenvalue weighted by Gasteiger charge is 2.26. The zero-order chi connectivity index (χ0) is 24.1. The Bertz CT molecular complexity index is 1140. The molecule has 3 aromatic carbocycles. The lowest BCUT2D eigenvalue weighted by Crippen LogP contribution is -2.21. The molecule has 0 amide bonds. The number of anilines is 3. The first-order chi connectivity index (χ1) is 16.4. The minimum absolute atomic E-state index is 0.0204. The van der Waals surface area contributed by atoms with E-state index in [9.17, 15) is 4.79 Å². The van der Waals surface area contributed by atoms with Gasteiger partial charge < -0.3 is 14.4 Å². The van der Waals surface area contributed by atoms with Crippen LogP contribution in [0.4, 0.5) is 17.1 Å². The van der Waals surface area contributed by atoms with Crippen LogP contribution in [-0.2, 0) is 4.79 Å². The lowest BCUT2D eigenvalue weighted by Gasteiger charge is -2.27. The highest BCUT2D eigenvalue weighted by Crippen LogP contribution is 2.37. The number of ether oxygens (including phenoxy) is 2. The van der Waals surface area contributed by atoms with Gasteiger partial charge in [0, 0.05) is 23.5 Å². The first-order valence-electron chi connectivity index (χ1n) is 11.5. The van der Waals surface area contributed by atoms with Gasteiger partial charge in [-0.2, -0.15) is 0 Å². The normalized spacial score (nSPS) is 15.2. The lowest BCUT2D eigenvalue weighted by molar-refractivity contribution is -0.116. The third-order valence-electron chi connectivity index (χ3n) is 5.98. The predicted octanol–water partition coefficient (Wildman–Crippen LogP) is 7.50. The van der Waals surface area contributed by atoms with E-state index in [-0.39, 0.29) is 11.2 Å². The van der Waals surface area contributed by atoms with Gasteiger partial charge in [0.05, 0.1) is 14.2 Å². The molecule has 0 N–H and O–H groups in total. The van der Waals surface area contributed by atoms with E-state index in [1.807, 2.05) is 48.5 Å². The summed E-state index contributed by atoms with van der Waals surface area (Å²) in [5.41, 5.74) is 5.30. The molecular weight excluding hydrogens is 422 g/mol. The monoisotopic (exact) mass is 453 g/mol. The van der Waals surface area contributed by atoms with Crippen LogP contribution in [-0.4, -0.2) is 20.0 Å². The highest BCUT2D eigenvalue weighted by molar-refractivity contribution is 5.92. The molecule has 34 heavy (non-hydrogen) atoms. The molecule has 174 valence electrons. The lowest BCUT2D eigenvalue weighted by atomic mass is 9.77. The van der Waals surface area contributed by atoms with Crippen LogP contribution < -0.4 is 14.4 Å². The van der Waals surface area contributed by atoms with Gasteiger partial charge in [0.1, 0.15) is 11.5 Å². The van der Waals surface area contributed by atoms with E-state index in [0.29, 0.717) is 6.42 Å². The van der Waals surface area contributed by atoms with E-state index in [4.69, 9.17) is 9.47 Å². The van der Waals surface area contributed by atoms with Crippen molar-refractivity contribution in [3.63, 3.8) is 0 Å². The Hall–Kier alpha value is -3.79. The first kappa shape index (κ1) is 23.4.